The summed E-state index contributed by atoms with van der Waals surface area (Å²) in [6.45, 7) is 4.85. The molecule has 0 aliphatic heterocycles. The third-order valence-electron chi connectivity index (χ3n) is 1.88. The zero-order valence-corrected chi connectivity index (χ0v) is 8.51. The summed E-state index contributed by atoms with van der Waals surface area (Å²) in [5.41, 5.74) is 2.26. The van der Waals surface area contributed by atoms with Crippen LogP contribution in [0, 0.1) is 13.8 Å². The first kappa shape index (κ1) is 8.44. The van der Waals surface area contributed by atoms with E-state index >= 15 is 0 Å². The molecule has 0 aromatic carbocycles. The summed E-state index contributed by atoms with van der Waals surface area (Å²) in [7, 11) is 0. The van der Waals surface area contributed by atoms with Crippen LogP contribution >= 0.6 is 11.3 Å². The summed E-state index contributed by atoms with van der Waals surface area (Å²) in [6, 6.07) is 2.00. The maximum absolute atomic E-state index is 4.38. The fraction of sp³-hybridized carbons (Fsp3) is 0.333. The average molecular weight is 193 g/mol. The van der Waals surface area contributed by atoms with E-state index in [4.69, 9.17) is 0 Å². The van der Waals surface area contributed by atoms with Gasteiger partial charge in [0.25, 0.3) is 0 Å². The van der Waals surface area contributed by atoms with Crippen molar-refractivity contribution in [1.82, 2.24) is 14.8 Å². The number of nitrogens with zero attached hydrogens (tertiary/aromatic N) is 3. The summed E-state index contributed by atoms with van der Waals surface area (Å²) in [5.74, 6) is 0. The number of hydrogen-bond donors (Lipinski definition) is 0. The van der Waals surface area contributed by atoms with Crippen molar-refractivity contribution in [3.05, 3.63) is 34.0 Å². The Morgan fingerprint density at radius 2 is 2.31 bits per heavy atom. The first-order chi connectivity index (χ1) is 6.25. The van der Waals surface area contributed by atoms with Gasteiger partial charge in [0.15, 0.2) is 0 Å². The number of rotatable bonds is 2. The van der Waals surface area contributed by atoms with Gasteiger partial charge in [0, 0.05) is 23.0 Å². The molecule has 68 valence electrons. The van der Waals surface area contributed by atoms with Gasteiger partial charge in [-0.3, -0.25) is 4.68 Å². The van der Waals surface area contributed by atoms with Gasteiger partial charge >= 0.3 is 0 Å². The average Bonchev–Trinajstić information content (AvgIpc) is 2.64. The molecule has 0 amide bonds. The van der Waals surface area contributed by atoms with Crippen molar-refractivity contribution in [3.8, 4) is 0 Å². The predicted octanol–water partition coefficient (Wildman–Crippen LogP) is 2.00. The molecule has 3 nitrogen and oxygen atoms in total. The largest absolute Gasteiger partial charge is 0.263 e. The van der Waals surface area contributed by atoms with Crippen molar-refractivity contribution in [2.45, 2.75) is 20.4 Å². The number of hydrogen-bond acceptors (Lipinski definition) is 3. The molecule has 2 heterocycles. The fourth-order valence-electron chi connectivity index (χ4n) is 1.17. The molecule has 2 rings (SSSR count). The lowest BCUT2D eigenvalue weighted by molar-refractivity contribution is 0.661. The molecule has 2 aromatic heterocycles. The van der Waals surface area contributed by atoms with Gasteiger partial charge in [0.2, 0.25) is 0 Å². The van der Waals surface area contributed by atoms with Crippen LogP contribution in [0.15, 0.2) is 17.6 Å². The van der Waals surface area contributed by atoms with Crippen molar-refractivity contribution in [2.75, 3.05) is 0 Å². The van der Waals surface area contributed by atoms with E-state index in [-0.39, 0.29) is 0 Å². The third-order valence-corrected chi connectivity index (χ3v) is 2.83. The lowest BCUT2D eigenvalue weighted by Crippen LogP contribution is -2.02. The topological polar surface area (TPSA) is 30.7 Å². The SMILES string of the molecule is Cc1csc(Cn2nccc2C)n1. The first-order valence-electron chi connectivity index (χ1n) is 4.15. The van der Waals surface area contributed by atoms with Crippen LogP contribution in [-0.4, -0.2) is 14.8 Å². The third kappa shape index (κ3) is 1.78. The Balaban J connectivity index is 2.19. The Kier molecular flexibility index (Phi) is 2.14. The molecular formula is C9H11N3S. The van der Waals surface area contributed by atoms with Crippen molar-refractivity contribution >= 4 is 11.3 Å². The zero-order chi connectivity index (χ0) is 9.26. The van der Waals surface area contributed by atoms with Crippen LogP contribution in [0.2, 0.25) is 0 Å². The number of aromatic nitrogens is 3. The highest BCUT2D eigenvalue weighted by atomic mass is 32.1. The first-order valence-corrected chi connectivity index (χ1v) is 5.03. The second kappa shape index (κ2) is 3.30. The molecule has 0 atom stereocenters. The Hall–Kier alpha value is -1.16. The maximum Gasteiger partial charge on any atom is 0.114 e. The van der Waals surface area contributed by atoms with E-state index in [0.29, 0.717) is 0 Å². The van der Waals surface area contributed by atoms with Gasteiger partial charge in [-0.25, -0.2) is 4.98 Å². The lowest BCUT2D eigenvalue weighted by atomic mass is 10.5. The van der Waals surface area contributed by atoms with Crippen LogP contribution in [0.4, 0.5) is 0 Å². The summed E-state index contributed by atoms with van der Waals surface area (Å²) < 4.78 is 1.96. The van der Waals surface area contributed by atoms with E-state index in [0.717, 1.165) is 17.2 Å². The minimum atomic E-state index is 0.789. The van der Waals surface area contributed by atoms with Crippen LogP contribution < -0.4 is 0 Å². The van der Waals surface area contributed by atoms with Crippen molar-refractivity contribution in [1.29, 1.82) is 0 Å². The Labute approximate surface area is 81.1 Å². The molecule has 4 heteroatoms. The molecule has 0 N–H and O–H groups in total. The molecule has 0 spiro atoms. The quantitative estimate of drug-likeness (QED) is 0.730. The van der Waals surface area contributed by atoms with Crippen LogP contribution in [0.25, 0.3) is 0 Å². The molecule has 0 aliphatic carbocycles. The van der Waals surface area contributed by atoms with Gasteiger partial charge < -0.3 is 0 Å². The standard InChI is InChI=1S/C9H11N3S/c1-7-6-13-9(11-7)5-12-8(2)3-4-10-12/h3-4,6H,5H2,1-2H3. The Bertz CT molecular complexity index is 402. The van der Waals surface area contributed by atoms with E-state index < -0.39 is 0 Å². The number of thiazole rings is 1. The van der Waals surface area contributed by atoms with Crippen LogP contribution in [0.1, 0.15) is 16.4 Å². The van der Waals surface area contributed by atoms with Crippen LogP contribution in [-0.2, 0) is 6.54 Å². The van der Waals surface area contributed by atoms with Gasteiger partial charge in [-0.2, -0.15) is 5.10 Å². The molecule has 13 heavy (non-hydrogen) atoms. The fourth-order valence-corrected chi connectivity index (χ4v) is 1.92. The van der Waals surface area contributed by atoms with Crippen LogP contribution in [0.5, 0.6) is 0 Å². The lowest BCUT2D eigenvalue weighted by Gasteiger charge is -1.99. The number of aryl methyl sites for hydroxylation is 2. The zero-order valence-electron chi connectivity index (χ0n) is 7.69. The van der Waals surface area contributed by atoms with E-state index in [1.807, 2.05) is 30.8 Å². The maximum atomic E-state index is 4.38. The summed E-state index contributed by atoms with van der Waals surface area (Å²) in [5, 5.41) is 7.38. The smallest absolute Gasteiger partial charge is 0.114 e. The highest BCUT2D eigenvalue weighted by molar-refractivity contribution is 7.09. The summed E-state index contributed by atoms with van der Waals surface area (Å²) >= 11 is 1.68. The molecule has 0 bridgehead atoms. The molecule has 0 unspecified atom stereocenters. The Morgan fingerprint density at radius 1 is 1.46 bits per heavy atom. The highest BCUT2D eigenvalue weighted by Crippen LogP contribution is 2.10. The van der Waals surface area contributed by atoms with E-state index in [9.17, 15) is 0 Å². The molecule has 0 aliphatic rings. The molecule has 2 aromatic rings. The Morgan fingerprint density at radius 3 is 2.85 bits per heavy atom. The highest BCUT2D eigenvalue weighted by Gasteiger charge is 2.01. The van der Waals surface area contributed by atoms with Gasteiger partial charge in [-0.05, 0) is 19.9 Å². The molecular weight excluding hydrogens is 182 g/mol. The van der Waals surface area contributed by atoms with Crippen molar-refractivity contribution < 1.29 is 0 Å². The van der Waals surface area contributed by atoms with Crippen molar-refractivity contribution in [2.24, 2.45) is 0 Å². The molecule has 0 radical (unpaired) electrons. The van der Waals surface area contributed by atoms with Crippen molar-refractivity contribution in [3.63, 3.8) is 0 Å². The normalized spacial score (nSPS) is 10.6. The molecule has 0 saturated carbocycles. The van der Waals surface area contributed by atoms with Gasteiger partial charge in [0.1, 0.15) is 5.01 Å². The monoisotopic (exact) mass is 193 g/mol. The van der Waals surface area contributed by atoms with E-state index in [2.05, 4.69) is 15.5 Å². The molecule has 0 fully saturated rings. The van der Waals surface area contributed by atoms with Gasteiger partial charge in [0.05, 0.1) is 6.54 Å². The minimum Gasteiger partial charge on any atom is -0.263 e. The molecule has 0 saturated heterocycles. The van der Waals surface area contributed by atoms with E-state index in [1.54, 1.807) is 11.3 Å². The van der Waals surface area contributed by atoms with Gasteiger partial charge in [-0.15, -0.1) is 11.3 Å². The summed E-state index contributed by atoms with van der Waals surface area (Å²) in [6.07, 6.45) is 1.82. The minimum absolute atomic E-state index is 0.789. The second-order valence-electron chi connectivity index (χ2n) is 3.01. The summed E-state index contributed by atoms with van der Waals surface area (Å²) in [4.78, 5) is 4.38. The second-order valence-corrected chi connectivity index (χ2v) is 3.96. The van der Waals surface area contributed by atoms with Gasteiger partial charge in [-0.1, -0.05) is 0 Å². The van der Waals surface area contributed by atoms with Crippen LogP contribution in [0.3, 0.4) is 0 Å². The predicted molar refractivity (Wildman–Crippen MR) is 52.9 cm³/mol. The van der Waals surface area contributed by atoms with E-state index in [1.165, 1.54) is 5.69 Å².